The molecule has 2 heterocycles. The third-order valence-electron chi connectivity index (χ3n) is 5.18. The van der Waals surface area contributed by atoms with E-state index in [0.717, 1.165) is 43.7 Å². The van der Waals surface area contributed by atoms with E-state index >= 15 is 0 Å². The van der Waals surface area contributed by atoms with Crippen molar-refractivity contribution in [3.05, 3.63) is 80.8 Å². The predicted octanol–water partition coefficient (Wildman–Crippen LogP) is 6.41. The Balaban J connectivity index is 1.80. The fourth-order valence-electron chi connectivity index (χ4n) is 3.66. The van der Waals surface area contributed by atoms with Gasteiger partial charge in [0.25, 0.3) is 0 Å². The minimum atomic E-state index is 0.520. The highest BCUT2D eigenvalue weighted by Crippen LogP contribution is 2.27. The van der Waals surface area contributed by atoms with Crippen molar-refractivity contribution < 1.29 is 0 Å². The van der Waals surface area contributed by atoms with Crippen LogP contribution in [0.1, 0.15) is 33.9 Å². The summed E-state index contributed by atoms with van der Waals surface area (Å²) in [5, 5.41) is 9.78. The van der Waals surface area contributed by atoms with Gasteiger partial charge < -0.3 is 9.55 Å². The predicted molar refractivity (Wildman–Crippen MR) is 122 cm³/mol. The third-order valence-corrected chi connectivity index (χ3v) is 6.07. The summed E-state index contributed by atoms with van der Waals surface area (Å²) in [6, 6.07) is 16.8. The van der Waals surface area contributed by atoms with Gasteiger partial charge in [-0.1, -0.05) is 22.0 Å². The molecule has 0 bridgehead atoms. The first-order valence-electron chi connectivity index (χ1n) is 9.41. The first-order valence-corrected chi connectivity index (χ1v) is 10.2. The number of hydrogen-bond donors (Lipinski definition) is 1. The maximum absolute atomic E-state index is 9.78. The zero-order valence-corrected chi connectivity index (χ0v) is 18.4. The SMILES string of the molecule is Cc1ccc2nc(C(C#N)=Cc3cc(C)n(-c4ccc(Br)c(C)c4)c3C)[nH]c2c1. The topological polar surface area (TPSA) is 57.4 Å². The summed E-state index contributed by atoms with van der Waals surface area (Å²) in [5.74, 6) is 0.595. The quantitative estimate of drug-likeness (QED) is 0.370. The van der Waals surface area contributed by atoms with Crippen LogP contribution < -0.4 is 0 Å². The highest BCUT2D eigenvalue weighted by molar-refractivity contribution is 9.10. The average molecular weight is 445 g/mol. The zero-order valence-electron chi connectivity index (χ0n) is 16.8. The van der Waals surface area contributed by atoms with Crippen LogP contribution in [0.3, 0.4) is 0 Å². The van der Waals surface area contributed by atoms with Gasteiger partial charge in [-0.2, -0.15) is 5.26 Å². The number of nitriles is 1. The zero-order chi connectivity index (χ0) is 20.7. The summed E-state index contributed by atoms with van der Waals surface area (Å²) < 4.78 is 3.30. The molecule has 2 aromatic carbocycles. The molecule has 4 aromatic rings. The number of rotatable bonds is 3. The number of fused-ring (bicyclic) bond motifs is 1. The Morgan fingerprint density at radius 2 is 1.90 bits per heavy atom. The van der Waals surface area contributed by atoms with Crippen LogP contribution in [0.5, 0.6) is 0 Å². The Kier molecular flexibility index (Phi) is 4.89. The van der Waals surface area contributed by atoms with Gasteiger partial charge in [0, 0.05) is 21.5 Å². The number of aromatic amines is 1. The van der Waals surface area contributed by atoms with Crippen LogP contribution in [-0.4, -0.2) is 14.5 Å². The molecular formula is C24H21BrN4. The molecule has 0 spiro atoms. The monoisotopic (exact) mass is 444 g/mol. The second-order valence-electron chi connectivity index (χ2n) is 7.37. The van der Waals surface area contributed by atoms with Gasteiger partial charge in [0.05, 0.1) is 16.6 Å². The summed E-state index contributed by atoms with van der Waals surface area (Å²) in [7, 11) is 0. The first-order chi connectivity index (χ1) is 13.9. The van der Waals surface area contributed by atoms with Gasteiger partial charge in [-0.25, -0.2) is 4.98 Å². The number of H-pyrrole nitrogens is 1. The molecular weight excluding hydrogens is 424 g/mol. The lowest BCUT2D eigenvalue weighted by Gasteiger charge is -2.11. The van der Waals surface area contributed by atoms with Gasteiger partial charge in [-0.05, 0) is 86.9 Å². The van der Waals surface area contributed by atoms with Crippen LogP contribution in [0, 0.1) is 39.0 Å². The smallest absolute Gasteiger partial charge is 0.149 e. The number of aryl methyl sites for hydroxylation is 3. The van der Waals surface area contributed by atoms with Crippen LogP contribution in [0.25, 0.3) is 28.4 Å². The average Bonchev–Trinajstić information content (AvgIpc) is 3.22. The summed E-state index contributed by atoms with van der Waals surface area (Å²) >= 11 is 3.57. The van der Waals surface area contributed by atoms with Gasteiger partial charge in [0.15, 0.2) is 0 Å². The number of benzene rings is 2. The number of hydrogen-bond acceptors (Lipinski definition) is 2. The van der Waals surface area contributed by atoms with Crippen molar-refractivity contribution in [2.75, 3.05) is 0 Å². The normalized spacial score (nSPS) is 11.8. The molecule has 0 amide bonds. The molecule has 0 aliphatic heterocycles. The molecule has 0 aliphatic carbocycles. The van der Waals surface area contributed by atoms with Crippen molar-refractivity contribution in [2.45, 2.75) is 27.7 Å². The largest absolute Gasteiger partial charge is 0.337 e. The highest BCUT2D eigenvalue weighted by atomic mass is 79.9. The Labute approximate surface area is 178 Å². The highest BCUT2D eigenvalue weighted by Gasteiger charge is 2.13. The molecule has 144 valence electrons. The number of nitrogens with one attached hydrogen (secondary N) is 1. The second kappa shape index (κ2) is 7.38. The summed E-state index contributed by atoms with van der Waals surface area (Å²) in [5.41, 5.74) is 8.99. The Morgan fingerprint density at radius 3 is 2.62 bits per heavy atom. The molecule has 0 unspecified atom stereocenters. The van der Waals surface area contributed by atoms with E-state index in [9.17, 15) is 5.26 Å². The van der Waals surface area contributed by atoms with E-state index in [-0.39, 0.29) is 0 Å². The van der Waals surface area contributed by atoms with Crippen molar-refractivity contribution in [1.29, 1.82) is 5.26 Å². The van der Waals surface area contributed by atoms with Gasteiger partial charge >= 0.3 is 0 Å². The fraction of sp³-hybridized carbons (Fsp3) is 0.167. The number of nitrogens with zero attached hydrogens (tertiary/aromatic N) is 3. The Hall–Kier alpha value is -3.10. The molecule has 2 aromatic heterocycles. The van der Waals surface area contributed by atoms with E-state index in [1.54, 1.807) is 0 Å². The molecule has 1 N–H and O–H groups in total. The van der Waals surface area contributed by atoms with Crippen molar-refractivity contribution in [1.82, 2.24) is 14.5 Å². The van der Waals surface area contributed by atoms with E-state index in [1.165, 1.54) is 5.56 Å². The van der Waals surface area contributed by atoms with E-state index < -0.39 is 0 Å². The van der Waals surface area contributed by atoms with Crippen molar-refractivity contribution >= 4 is 38.6 Å². The molecule has 0 saturated heterocycles. The number of imidazole rings is 1. The molecule has 0 fully saturated rings. The molecule has 4 nitrogen and oxygen atoms in total. The van der Waals surface area contributed by atoms with Crippen molar-refractivity contribution in [3.63, 3.8) is 0 Å². The van der Waals surface area contributed by atoms with E-state index in [2.05, 4.69) is 81.6 Å². The fourth-order valence-corrected chi connectivity index (χ4v) is 3.91. The lowest BCUT2D eigenvalue weighted by molar-refractivity contribution is 0.962. The molecule has 0 saturated carbocycles. The molecule has 29 heavy (non-hydrogen) atoms. The standard InChI is InChI=1S/C24H21BrN4/c1-14-5-8-22-23(9-14)28-24(27-22)19(13-26)12-18-11-16(3)29(17(18)4)20-6-7-21(25)15(2)10-20/h5-12H,1-4H3,(H,27,28). The number of allylic oxidation sites excluding steroid dienone is 1. The molecule has 5 heteroatoms. The summed E-state index contributed by atoms with van der Waals surface area (Å²) in [6.07, 6.45) is 1.91. The lowest BCUT2D eigenvalue weighted by Crippen LogP contribution is -1.99. The van der Waals surface area contributed by atoms with E-state index in [0.29, 0.717) is 11.4 Å². The van der Waals surface area contributed by atoms with Crippen LogP contribution in [0.4, 0.5) is 0 Å². The molecule has 0 atom stereocenters. The minimum Gasteiger partial charge on any atom is -0.337 e. The van der Waals surface area contributed by atoms with Gasteiger partial charge in [0.2, 0.25) is 0 Å². The van der Waals surface area contributed by atoms with Crippen molar-refractivity contribution in [2.24, 2.45) is 0 Å². The molecule has 4 rings (SSSR count). The molecule has 0 aliphatic rings. The summed E-state index contributed by atoms with van der Waals surface area (Å²) in [6.45, 7) is 8.28. The second-order valence-corrected chi connectivity index (χ2v) is 8.23. The Morgan fingerprint density at radius 1 is 1.10 bits per heavy atom. The van der Waals surface area contributed by atoms with Gasteiger partial charge in [-0.15, -0.1) is 0 Å². The maximum atomic E-state index is 9.78. The number of aromatic nitrogens is 3. The van der Waals surface area contributed by atoms with Crippen LogP contribution >= 0.6 is 15.9 Å². The van der Waals surface area contributed by atoms with Gasteiger partial charge in [0.1, 0.15) is 11.9 Å². The third kappa shape index (κ3) is 3.52. The Bertz CT molecular complexity index is 1310. The lowest BCUT2D eigenvalue weighted by atomic mass is 10.1. The summed E-state index contributed by atoms with van der Waals surface area (Å²) in [4.78, 5) is 7.88. The van der Waals surface area contributed by atoms with Crippen molar-refractivity contribution in [3.8, 4) is 11.8 Å². The minimum absolute atomic E-state index is 0.520. The van der Waals surface area contributed by atoms with Gasteiger partial charge in [-0.3, -0.25) is 0 Å². The first kappa shape index (κ1) is 19.2. The van der Waals surface area contributed by atoms with E-state index in [1.807, 2.05) is 31.2 Å². The van der Waals surface area contributed by atoms with Crippen LogP contribution in [-0.2, 0) is 0 Å². The maximum Gasteiger partial charge on any atom is 0.149 e. The van der Waals surface area contributed by atoms with Crippen LogP contribution in [0.2, 0.25) is 0 Å². The number of halogens is 1. The van der Waals surface area contributed by atoms with E-state index in [4.69, 9.17) is 0 Å². The molecule has 0 radical (unpaired) electrons. The van der Waals surface area contributed by atoms with Crippen LogP contribution in [0.15, 0.2) is 46.9 Å².